The van der Waals surface area contributed by atoms with Crippen molar-refractivity contribution in [3.63, 3.8) is 0 Å². The topological polar surface area (TPSA) is 104 Å². The van der Waals surface area contributed by atoms with Crippen molar-refractivity contribution in [3.05, 3.63) is 47.5 Å². The fourth-order valence-electron chi connectivity index (χ4n) is 4.22. The van der Waals surface area contributed by atoms with Gasteiger partial charge in [-0.3, -0.25) is 10.1 Å². The monoisotopic (exact) mass is 567 g/mol. The Hall–Kier alpha value is -3.74. The Balaban J connectivity index is 1.38. The number of hydrogen-bond acceptors (Lipinski definition) is 6. The number of urea groups is 1. The van der Waals surface area contributed by atoms with Crippen LogP contribution in [0.4, 0.5) is 29.5 Å². The predicted octanol–water partition coefficient (Wildman–Crippen LogP) is 5.26. The van der Waals surface area contributed by atoms with Gasteiger partial charge in [0.15, 0.2) is 5.82 Å². The van der Waals surface area contributed by atoms with E-state index in [1.165, 1.54) is 12.1 Å². The first-order chi connectivity index (χ1) is 18.6. The van der Waals surface area contributed by atoms with Crippen LogP contribution in [-0.2, 0) is 6.54 Å². The molecule has 210 valence electrons. The summed E-state index contributed by atoms with van der Waals surface area (Å²) in [5.74, 6) is 0.748. The first kappa shape index (κ1) is 28.3. The van der Waals surface area contributed by atoms with Gasteiger partial charge in [0.05, 0.1) is 0 Å². The smallest absolute Gasteiger partial charge is 0.406 e. The molecule has 1 aromatic carbocycles. The number of rotatable bonds is 7. The van der Waals surface area contributed by atoms with Gasteiger partial charge in [-0.2, -0.15) is 0 Å². The third-order valence-corrected chi connectivity index (χ3v) is 6.47. The number of carbonyl (C=O) groups excluding carboxylic acids is 2. The van der Waals surface area contributed by atoms with Crippen LogP contribution < -0.4 is 15.4 Å². The maximum absolute atomic E-state index is 13.4. The van der Waals surface area contributed by atoms with Gasteiger partial charge in [-0.25, -0.2) is 14.8 Å². The van der Waals surface area contributed by atoms with E-state index < -0.39 is 18.1 Å². The summed E-state index contributed by atoms with van der Waals surface area (Å²) in [6, 6.07) is 4.07. The van der Waals surface area contributed by atoms with Gasteiger partial charge in [-0.05, 0) is 37.1 Å². The summed E-state index contributed by atoms with van der Waals surface area (Å²) in [6.45, 7) is 4.89. The SMILES string of the molecule is CCCCn1cc(NC(=O)Nc2ccc(OC(F)(F)F)cc2)nc1C(=O)N1CCN(C2=NC=C(Cl)CC2)CC1. The molecule has 4 rings (SSSR count). The largest absolute Gasteiger partial charge is 0.573 e. The minimum Gasteiger partial charge on any atom is -0.406 e. The van der Waals surface area contributed by atoms with Crippen LogP contribution in [0.1, 0.15) is 43.2 Å². The lowest BCUT2D eigenvalue weighted by Crippen LogP contribution is -2.51. The molecule has 3 amide bonds. The van der Waals surface area contributed by atoms with Gasteiger partial charge in [-0.15, -0.1) is 13.2 Å². The van der Waals surface area contributed by atoms with Gasteiger partial charge in [0.1, 0.15) is 11.6 Å². The highest BCUT2D eigenvalue weighted by atomic mass is 35.5. The molecule has 0 spiro atoms. The van der Waals surface area contributed by atoms with Crippen LogP contribution in [0.15, 0.2) is 46.7 Å². The molecule has 10 nitrogen and oxygen atoms in total. The molecule has 1 saturated heterocycles. The number of unbranched alkanes of at least 4 members (excludes halogenated alkanes) is 1. The molecule has 3 heterocycles. The number of nitrogens with one attached hydrogen (secondary N) is 2. The summed E-state index contributed by atoms with van der Waals surface area (Å²) in [4.78, 5) is 38.6. The van der Waals surface area contributed by atoms with E-state index in [2.05, 4.69) is 30.2 Å². The zero-order chi connectivity index (χ0) is 28.0. The number of hydrogen-bond donors (Lipinski definition) is 2. The molecular weight excluding hydrogens is 539 g/mol. The maximum atomic E-state index is 13.4. The number of anilines is 2. The second-order valence-corrected chi connectivity index (χ2v) is 9.53. The number of piperazine rings is 1. The number of benzene rings is 1. The average Bonchev–Trinajstić information content (AvgIpc) is 3.30. The molecule has 1 aromatic heterocycles. The van der Waals surface area contributed by atoms with E-state index in [1.54, 1.807) is 21.9 Å². The number of aliphatic imine (C=N–C) groups is 1. The van der Waals surface area contributed by atoms with Crippen LogP contribution in [0, 0.1) is 0 Å². The van der Waals surface area contributed by atoms with Crippen molar-refractivity contribution in [2.75, 3.05) is 36.8 Å². The zero-order valence-electron chi connectivity index (χ0n) is 21.3. The Bertz CT molecular complexity index is 1240. The van der Waals surface area contributed by atoms with E-state index in [0.717, 1.165) is 48.7 Å². The number of aryl methyl sites for hydroxylation is 1. The fraction of sp³-hybridized carbons (Fsp3) is 0.440. The molecule has 0 unspecified atom stereocenters. The molecule has 0 saturated carbocycles. The summed E-state index contributed by atoms with van der Waals surface area (Å²) in [5, 5.41) is 5.85. The lowest BCUT2D eigenvalue weighted by atomic mass is 10.2. The Morgan fingerprint density at radius 1 is 1.08 bits per heavy atom. The van der Waals surface area contributed by atoms with Crippen molar-refractivity contribution >= 4 is 40.9 Å². The average molecular weight is 568 g/mol. The molecule has 0 bridgehead atoms. The summed E-state index contributed by atoms with van der Waals surface area (Å²) < 4.78 is 42.6. The van der Waals surface area contributed by atoms with Crippen molar-refractivity contribution in [1.29, 1.82) is 0 Å². The Labute approximate surface area is 228 Å². The third-order valence-electron chi connectivity index (χ3n) is 6.18. The lowest BCUT2D eigenvalue weighted by Gasteiger charge is -2.36. The maximum Gasteiger partial charge on any atom is 0.573 e. The molecule has 39 heavy (non-hydrogen) atoms. The first-order valence-corrected chi connectivity index (χ1v) is 13.0. The van der Waals surface area contributed by atoms with Crippen LogP contribution >= 0.6 is 11.6 Å². The van der Waals surface area contributed by atoms with Gasteiger partial charge in [0, 0.05) is 62.3 Å². The molecule has 2 aromatic rings. The second kappa shape index (κ2) is 12.4. The number of halogens is 4. The molecule has 1 fully saturated rings. The minimum atomic E-state index is -4.80. The fourth-order valence-corrected chi connectivity index (χ4v) is 4.36. The highest BCUT2D eigenvalue weighted by Crippen LogP contribution is 2.24. The predicted molar refractivity (Wildman–Crippen MR) is 141 cm³/mol. The van der Waals surface area contributed by atoms with Crippen LogP contribution in [-0.4, -0.2) is 69.7 Å². The number of alkyl halides is 3. The molecule has 0 atom stereocenters. The van der Waals surface area contributed by atoms with Crippen LogP contribution in [0.3, 0.4) is 0 Å². The number of imidazole rings is 1. The van der Waals surface area contributed by atoms with Crippen molar-refractivity contribution < 1.29 is 27.5 Å². The second-order valence-electron chi connectivity index (χ2n) is 9.05. The van der Waals surface area contributed by atoms with E-state index in [9.17, 15) is 22.8 Å². The highest BCUT2D eigenvalue weighted by molar-refractivity contribution is 6.29. The Morgan fingerprint density at radius 2 is 1.79 bits per heavy atom. The third kappa shape index (κ3) is 7.88. The van der Waals surface area contributed by atoms with Gasteiger partial charge in [-0.1, -0.05) is 24.9 Å². The summed E-state index contributed by atoms with van der Waals surface area (Å²) >= 11 is 6.01. The number of nitrogens with zero attached hydrogens (tertiary/aromatic N) is 5. The number of amidine groups is 1. The molecule has 0 radical (unpaired) electrons. The van der Waals surface area contributed by atoms with Gasteiger partial charge < -0.3 is 24.4 Å². The van der Waals surface area contributed by atoms with Gasteiger partial charge in [0.2, 0.25) is 5.82 Å². The van der Waals surface area contributed by atoms with Crippen molar-refractivity contribution in [2.45, 2.75) is 45.5 Å². The zero-order valence-corrected chi connectivity index (χ0v) is 22.1. The number of aromatic nitrogens is 2. The molecule has 2 aliphatic heterocycles. The van der Waals surface area contributed by atoms with Crippen molar-refractivity contribution in [1.82, 2.24) is 19.4 Å². The normalized spacial score (nSPS) is 15.9. The Morgan fingerprint density at radius 3 is 2.41 bits per heavy atom. The van der Waals surface area contributed by atoms with Crippen molar-refractivity contribution in [2.24, 2.45) is 4.99 Å². The van der Waals surface area contributed by atoms with E-state index in [-0.39, 0.29) is 23.2 Å². The van der Waals surface area contributed by atoms with E-state index in [4.69, 9.17) is 11.6 Å². The number of carbonyl (C=O) groups is 2. The minimum absolute atomic E-state index is 0.183. The van der Waals surface area contributed by atoms with Crippen LogP contribution in [0.25, 0.3) is 0 Å². The summed E-state index contributed by atoms with van der Waals surface area (Å²) in [7, 11) is 0. The standard InChI is InChI=1S/C25H29ClF3N7O3/c1-2-3-10-36-16-20(33-24(38)31-18-5-7-19(8-6-18)39-25(27,28)29)32-22(36)23(37)35-13-11-34(12-14-35)21-9-4-17(26)15-30-21/h5-8,15-16H,2-4,9-14H2,1H3,(H2,31,33,38). The quantitative estimate of drug-likeness (QED) is 0.475. The van der Waals surface area contributed by atoms with Gasteiger partial charge >= 0.3 is 12.4 Å². The number of amides is 3. The van der Waals surface area contributed by atoms with E-state index >= 15 is 0 Å². The first-order valence-electron chi connectivity index (χ1n) is 12.6. The van der Waals surface area contributed by atoms with Crippen LogP contribution in [0.2, 0.25) is 0 Å². The lowest BCUT2D eigenvalue weighted by molar-refractivity contribution is -0.274. The number of ether oxygens (including phenoxy) is 1. The van der Waals surface area contributed by atoms with Crippen molar-refractivity contribution in [3.8, 4) is 5.75 Å². The summed E-state index contributed by atoms with van der Waals surface area (Å²) in [5.41, 5.74) is 0.252. The van der Waals surface area contributed by atoms with E-state index in [1.807, 2.05) is 6.92 Å². The Kier molecular flexibility index (Phi) is 9.00. The molecule has 2 aliphatic rings. The van der Waals surface area contributed by atoms with Gasteiger partial charge in [0.25, 0.3) is 5.91 Å². The number of allylic oxidation sites excluding steroid dienone is 1. The highest BCUT2D eigenvalue weighted by Gasteiger charge is 2.31. The molecular formula is C25H29ClF3N7O3. The molecule has 2 N–H and O–H groups in total. The molecule has 14 heteroatoms. The van der Waals surface area contributed by atoms with Crippen LogP contribution in [0.5, 0.6) is 5.75 Å². The molecule has 0 aliphatic carbocycles. The summed E-state index contributed by atoms with van der Waals surface area (Å²) in [6.07, 6.45) is 1.72. The van der Waals surface area contributed by atoms with E-state index in [0.29, 0.717) is 32.7 Å².